The minimum Gasteiger partial charge on any atom is -0.321 e. The summed E-state index contributed by atoms with van der Waals surface area (Å²) in [4.78, 5) is 24.1. The van der Waals surface area contributed by atoms with Gasteiger partial charge in [-0.2, -0.15) is 0 Å². The predicted molar refractivity (Wildman–Crippen MR) is 54.2 cm³/mol. The third kappa shape index (κ3) is 2.61. The van der Waals surface area contributed by atoms with Gasteiger partial charge in [0.2, 0.25) is 5.91 Å². The molecule has 1 rings (SSSR count). The number of likely N-dealkylation sites (tertiary alicyclic amines) is 1. The summed E-state index contributed by atoms with van der Waals surface area (Å²) >= 11 is 5.29. The average Bonchev–Trinajstić information content (AvgIpc) is 2.45. The van der Waals surface area contributed by atoms with Gasteiger partial charge in [0.05, 0.1) is 0 Å². The molecule has 1 fully saturated rings. The van der Waals surface area contributed by atoms with E-state index in [0.717, 1.165) is 6.42 Å². The zero-order chi connectivity index (χ0) is 10.7. The van der Waals surface area contributed by atoms with Gasteiger partial charge in [-0.25, -0.2) is 4.79 Å². The lowest BCUT2D eigenvalue weighted by molar-refractivity contribution is -0.117. The number of carbonyl (C=O) groups is 2. The number of hydrogen-bond donors (Lipinski definition) is 1. The highest BCUT2D eigenvalue weighted by atomic mass is 35.5. The summed E-state index contributed by atoms with van der Waals surface area (Å²) in [6, 6.07) is -0.124. The Balaban J connectivity index is 2.49. The molecule has 0 radical (unpaired) electrons. The second-order valence-electron chi connectivity index (χ2n) is 3.83. The van der Waals surface area contributed by atoms with Crippen LogP contribution >= 0.6 is 11.6 Å². The van der Waals surface area contributed by atoms with Gasteiger partial charge in [-0.05, 0) is 19.3 Å². The first-order chi connectivity index (χ1) is 6.54. The van der Waals surface area contributed by atoms with Crippen LogP contribution in [0.1, 0.15) is 20.3 Å². The van der Waals surface area contributed by atoms with Crippen molar-refractivity contribution in [1.29, 1.82) is 0 Å². The molecule has 1 aliphatic heterocycles. The monoisotopic (exact) mass is 218 g/mol. The van der Waals surface area contributed by atoms with Crippen LogP contribution in [0.25, 0.3) is 0 Å². The molecule has 0 saturated carbocycles. The highest BCUT2D eigenvalue weighted by Gasteiger charge is 2.30. The van der Waals surface area contributed by atoms with Gasteiger partial charge in [0, 0.05) is 12.6 Å². The number of urea groups is 1. The molecule has 4 nitrogen and oxygen atoms in total. The Bertz CT molecular complexity index is 245. The molecule has 1 saturated heterocycles. The molecule has 0 aliphatic carbocycles. The van der Waals surface area contributed by atoms with Gasteiger partial charge in [-0.1, -0.05) is 6.92 Å². The van der Waals surface area contributed by atoms with Crippen molar-refractivity contribution >= 4 is 23.5 Å². The summed E-state index contributed by atoms with van der Waals surface area (Å²) in [6.45, 7) is 4.78. The highest BCUT2D eigenvalue weighted by Crippen LogP contribution is 2.21. The van der Waals surface area contributed by atoms with Crippen molar-refractivity contribution in [2.24, 2.45) is 5.92 Å². The van der Waals surface area contributed by atoms with Crippen molar-refractivity contribution in [3.63, 3.8) is 0 Å². The number of amides is 3. The number of nitrogens with one attached hydrogen (secondary N) is 1. The first-order valence-electron chi connectivity index (χ1n) is 4.71. The zero-order valence-corrected chi connectivity index (χ0v) is 9.17. The highest BCUT2D eigenvalue weighted by molar-refractivity contribution is 6.28. The van der Waals surface area contributed by atoms with Gasteiger partial charge in [-0.15, -0.1) is 11.6 Å². The molecule has 2 unspecified atom stereocenters. The van der Waals surface area contributed by atoms with Crippen molar-refractivity contribution in [2.75, 3.05) is 12.4 Å². The fraction of sp³-hybridized carbons (Fsp3) is 0.778. The van der Waals surface area contributed by atoms with Crippen molar-refractivity contribution in [1.82, 2.24) is 10.2 Å². The van der Waals surface area contributed by atoms with Crippen molar-refractivity contribution in [3.8, 4) is 0 Å². The fourth-order valence-electron chi connectivity index (χ4n) is 1.81. The number of imide groups is 1. The Morgan fingerprint density at radius 1 is 1.50 bits per heavy atom. The molecule has 0 bridgehead atoms. The van der Waals surface area contributed by atoms with E-state index in [1.807, 2.05) is 6.92 Å². The first kappa shape index (κ1) is 11.3. The van der Waals surface area contributed by atoms with Gasteiger partial charge in [-0.3, -0.25) is 10.1 Å². The van der Waals surface area contributed by atoms with Crippen molar-refractivity contribution in [2.45, 2.75) is 26.3 Å². The largest absolute Gasteiger partial charge is 0.324 e. The summed E-state index contributed by atoms with van der Waals surface area (Å²) in [5, 5.41) is 2.24. The molecule has 3 amide bonds. The summed E-state index contributed by atoms with van der Waals surface area (Å²) in [5.41, 5.74) is 0. The lowest BCUT2D eigenvalue weighted by Crippen LogP contribution is -2.44. The van der Waals surface area contributed by atoms with Gasteiger partial charge >= 0.3 is 6.03 Å². The third-order valence-electron chi connectivity index (χ3n) is 2.41. The van der Waals surface area contributed by atoms with E-state index >= 15 is 0 Å². The normalized spacial score (nSPS) is 26.4. The Hall–Kier alpha value is -0.770. The van der Waals surface area contributed by atoms with Crippen LogP contribution in [0.4, 0.5) is 4.79 Å². The Labute approximate surface area is 88.6 Å². The van der Waals surface area contributed by atoms with Crippen molar-refractivity contribution < 1.29 is 9.59 Å². The first-order valence-corrected chi connectivity index (χ1v) is 5.24. The lowest BCUT2D eigenvalue weighted by Gasteiger charge is -2.20. The number of hydrogen-bond acceptors (Lipinski definition) is 2. The van der Waals surface area contributed by atoms with Gasteiger partial charge in [0.25, 0.3) is 0 Å². The Kier molecular flexibility index (Phi) is 3.75. The summed E-state index contributed by atoms with van der Waals surface area (Å²) in [5.74, 6) is -0.117. The minimum atomic E-state index is -0.441. The predicted octanol–water partition coefficient (Wildman–Crippen LogP) is 1.19. The van der Waals surface area contributed by atoms with E-state index < -0.39 is 5.91 Å². The van der Waals surface area contributed by atoms with Crippen LogP contribution in [0.3, 0.4) is 0 Å². The molecule has 80 valence electrons. The van der Waals surface area contributed by atoms with E-state index in [1.165, 1.54) is 0 Å². The Morgan fingerprint density at radius 2 is 2.14 bits per heavy atom. The van der Waals surface area contributed by atoms with Crippen molar-refractivity contribution in [3.05, 3.63) is 0 Å². The topological polar surface area (TPSA) is 49.4 Å². The third-order valence-corrected chi connectivity index (χ3v) is 2.66. The standard InChI is InChI=1S/C9H15ClN2O2/c1-6-3-7(2)12(5-6)9(14)11-8(13)4-10/h6-7H,3-5H2,1-2H3,(H,11,13,14). The molecule has 0 aromatic carbocycles. The van der Waals surface area contributed by atoms with E-state index in [-0.39, 0.29) is 18.0 Å². The van der Waals surface area contributed by atoms with Crippen LogP contribution in [0.5, 0.6) is 0 Å². The summed E-state index contributed by atoms with van der Waals surface area (Å²) in [6.07, 6.45) is 0.989. The maximum atomic E-state index is 11.5. The average molecular weight is 219 g/mol. The van der Waals surface area contributed by atoms with Crippen LogP contribution < -0.4 is 5.32 Å². The van der Waals surface area contributed by atoms with Crippen LogP contribution in [0.2, 0.25) is 0 Å². The molecule has 0 aromatic rings. The number of nitrogens with zero attached hydrogens (tertiary/aromatic N) is 1. The molecular formula is C9H15ClN2O2. The quantitative estimate of drug-likeness (QED) is 0.673. The maximum Gasteiger partial charge on any atom is 0.324 e. The molecule has 0 aromatic heterocycles. The van der Waals surface area contributed by atoms with E-state index in [2.05, 4.69) is 12.2 Å². The van der Waals surface area contributed by atoms with Gasteiger partial charge in [0.1, 0.15) is 5.88 Å². The molecule has 1 heterocycles. The molecule has 2 atom stereocenters. The summed E-state index contributed by atoms with van der Waals surface area (Å²) < 4.78 is 0. The summed E-state index contributed by atoms with van der Waals surface area (Å²) in [7, 11) is 0. The van der Waals surface area contributed by atoms with E-state index in [9.17, 15) is 9.59 Å². The molecule has 1 N–H and O–H groups in total. The second kappa shape index (κ2) is 4.64. The fourth-order valence-corrected chi connectivity index (χ4v) is 1.87. The smallest absolute Gasteiger partial charge is 0.321 e. The number of carbonyl (C=O) groups excluding carboxylic acids is 2. The maximum absolute atomic E-state index is 11.5. The minimum absolute atomic E-state index is 0.177. The SMILES string of the molecule is CC1CC(C)N(C(=O)NC(=O)CCl)C1. The molecule has 0 spiro atoms. The molecular weight excluding hydrogens is 204 g/mol. The molecule has 1 aliphatic rings. The second-order valence-corrected chi connectivity index (χ2v) is 4.10. The van der Waals surface area contributed by atoms with Gasteiger partial charge < -0.3 is 4.90 Å². The van der Waals surface area contributed by atoms with Gasteiger partial charge in [0.15, 0.2) is 0 Å². The number of alkyl halides is 1. The van der Waals surface area contributed by atoms with Crippen LogP contribution in [0, 0.1) is 5.92 Å². The lowest BCUT2D eigenvalue weighted by atomic mass is 10.1. The molecule has 5 heteroatoms. The number of rotatable bonds is 1. The van der Waals surface area contributed by atoms with E-state index in [0.29, 0.717) is 12.5 Å². The van der Waals surface area contributed by atoms with Crippen LogP contribution in [0.15, 0.2) is 0 Å². The molecule has 14 heavy (non-hydrogen) atoms. The Morgan fingerprint density at radius 3 is 2.57 bits per heavy atom. The van der Waals surface area contributed by atoms with E-state index in [1.54, 1.807) is 4.90 Å². The zero-order valence-electron chi connectivity index (χ0n) is 8.42. The van der Waals surface area contributed by atoms with Crippen LogP contribution in [-0.2, 0) is 4.79 Å². The van der Waals surface area contributed by atoms with E-state index in [4.69, 9.17) is 11.6 Å². The van der Waals surface area contributed by atoms with Crippen LogP contribution in [-0.4, -0.2) is 35.3 Å². The number of halogens is 1.